The summed E-state index contributed by atoms with van der Waals surface area (Å²) >= 11 is 0. The number of amides is 1. The summed E-state index contributed by atoms with van der Waals surface area (Å²) in [5, 5.41) is 8.38. The van der Waals surface area contributed by atoms with Gasteiger partial charge >= 0.3 is 12.1 Å². The Morgan fingerprint density at radius 1 is 1.38 bits per heavy atom. The maximum atomic E-state index is 11.1. The molecule has 1 amide bonds. The minimum Gasteiger partial charge on any atom is -0.480 e. The van der Waals surface area contributed by atoms with Crippen LogP contribution < -0.4 is 0 Å². The molecule has 13 heavy (non-hydrogen) atoms. The number of ether oxygens (including phenoxy) is 1. The van der Waals surface area contributed by atoms with Gasteiger partial charge in [0, 0.05) is 7.05 Å². The number of likely N-dealkylation sites (N-methyl/N-ethyl adjacent to an activating group) is 1. The molecule has 0 aromatic heterocycles. The maximum Gasteiger partial charge on any atom is 0.410 e. The van der Waals surface area contributed by atoms with Crippen molar-refractivity contribution in [1.29, 1.82) is 0 Å². The number of hydrogen-bond acceptors (Lipinski definition) is 3. The minimum absolute atomic E-state index is 0.352. The topological polar surface area (TPSA) is 66.8 Å². The number of rotatable bonds is 2. The molecule has 0 unspecified atom stereocenters. The summed E-state index contributed by atoms with van der Waals surface area (Å²) in [6.07, 6.45) is -0.630. The van der Waals surface area contributed by atoms with Crippen molar-refractivity contribution in [3.8, 4) is 0 Å². The van der Waals surface area contributed by atoms with Crippen molar-refractivity contribution >= 4 is 12.1 Å². The van der Waals surface area contributed by atoms with Crippen LogP contribution in [-0.4, -0.2) is 41.3 Å². The van der Waals surface area contributed by atoms with E-state index in [1.54, 1.807) is 20.8 Å². The van der Waals surface area contributed by atoms with Gasteiger partial charge in [0.15, 0.2) is 0 Å². The third kappa shape index (κ3) is 5.95. The molecule has 0 spiro atoms. The fraction of sp³-hybridized carbons (Fsp3) is 0.750. The van der Waals surface area contributed by atoms with Crippen LogP contribution in [0.25, 0.3) is 0 Å². The molecule has 0 aliphatic heterocycles. The molecule has 0 saturated carbocycles. The van der Waals surface area contributed by atoms with Gasteiger partial charge in [0.25, 0.3) is 0 Å². The van der Waals surface area contributed by atoms with E-state index >= 15 is 0 Å². The van der Waals surface area contributed by atoms with Crippen molar-refractivity contribution in [1.82, 2.24) is 4.90 Å². The fourth-order valence-electron chi connectivity index (χ4n) is 0.607. The van der Waals surface area contributed by atoms with Gasteiger partial charge in [-0.3, -0.25) is 4.79 Å². The summed E-state index contributed by atoms with van der Waals surface area (Å²) < 4.78 is 4.92. The fourth-order valence-corrected chi connectivity index (χ4v) is 0.607. The first-order valence-corrected chi connectivity index (χ1v) is 3.88. The standard InChI is InChI=1S/C8H15NO4/c1-8(2,3)13-7(12)9(4)5-6(10)11/h5H2,1-4H3,(H,10,11)/i4+1,5+1,6+1,9+1. The zero-order valence-electron chi connectivity index (χ0n) is 8.33. The SMILES string of the molecule is CC(C)(C)OC(=O)[15N]([13CH3])[13CH2][13C](=O)O. The minimum atomic E-state index is -1.06. The molecule has 0 aromatic carbocycles. The molecule has 0 rings (SSSR count). The second kappa shape index (κ2) is 4.11. The Morgan fingerprint density at radius 2 is 1.85 bits per heavy atom. The molecule has 0 aliphatic rings. The summed E-state index contributed by atoms with van der Waals surface area (Å²) in [4.78, 5) is 22.4. The Labute approximate surface area is 77.3 Å². The second-order valence-electron chi connectivity index (χ2n) is 3.73. The molecule has 0 atom stereocenters. The van der Waals surface area contributed by atoms with Crippen LogP contribution in [0, 0.1) is 0 Å². The lowest BCUT2D eigenvalue weighted by molar-refractivity contribution is -0.137. The van der Waals surface area contributed by atoms with E-state index in [4.69, 9.17) is 9.84 Å². The van der Waals surface area contributed by atoms with Crippen LogP contribution in [0.3, 0.4) is 0 Å². The van der Waals surface area contributed by atoms with E-state index in [2.05, 4.69) is 0 Å². The molecule has 0 aliphatic carbocycles. The Bertz CT molecular complexity index is 207. The number of carbonyl (C=O) groups is 2. The number of carbonyl (C=O) groups excluding carboxylic acids is 1. The van der Waals surface area contributed by atoms with Crippen molar-refractivity contribution in [2.45, 2.75) is 26.4 Å². The Kier molecular flexibility index (Phi) is 3.71. The van der Waals surface area contributed by atoms with E-state index in [-0.39, 0.29) is 6.54 Å². The highest BCUT2D eigenvalue weighted by molar-refractivity contribution is 5.76. The van der Waals surface area contributed by atoms with Crippen LogP contribution >= 0.6 is 0 Å². The summed E-state index contributed by atoms with van der Waals surface area (Å²) in [7, 11) is 1.38. The Hall–Kier alpha value is -1.26. The van der Waals surface area contributed by atoms with Gasteiger partial charge in [0.05, 0.1) is 0 Å². The third-order valence-corrected chi connectivity index (χ3v) is 1.08. The predicted octanol–water partition coefficient (Wildman–Crippen LogP) is 0.938. The van der Waals surface area contributed by atoms with Gasteiger partial charge in [-0.05, 0) is 20.8 Å². The Balaban J connectivity index is 4.05. The molecule has 5 nitrogen and oxygen atoms in total. The van der Waals surface area contributed by atoms with Crippen LogP contribution in [0.4, 0.5) is 4.79 Å². The average Bonchev–Trinajstić information content (AvgIpc) is 1.81. The van der Waals surface area contributed by atoms with Crippen molar-refractivity contribution in [3.05, 3.63) is 0 Å². The summed E-state index contributed by atoms with van der Waals surface area (Å²) in [6.45, 7) is 4.81. The van der Waals surface area contributed by atoms with Gasteiger partial charge in [0.1, 0.15) is 12.1 Å². The van der Waals surface area contributed by atoms with Crippen molar-refractivity contribution in [2.24, 2.45) is 0 Å². The molecule has 5 heteroatoms. The Morgan fingerprint density at radius 3 is 2.15 bits per heavy atom. The second-order valence-corrected chi connectivity index (χ2v) is 3.73. The number of hydrogen-bond donors (Lipinski definition) is 1. The highest BCUT2D eigenvalue weighted by Gasteiger charge is 2.20. The number of carboxylic acids is 1. The number of nitrogens with zero attached hydrogens (tertiary/aromatic N) is 1. The molecule has 0 radical (unpaired) electrons. The van der Waals surface area contributed by atoms with Crippen LogP contribution in [-0.2, 0) is 9.53 Å². The molecular formula is C8H15NO4. The lowest BCUT2D eigenvalue weighted by Gasteiger charge is -2.23. The summed E-state index contributed by atoms with van der Waals surface area (Å²) in [5.74, 6) is -1.06. The first kappa shape index (κ1) is 11.7. The zero-order chi connectivity index (χ0) is 10.6. The molecule has 0 heterocycles. The molecular weight excluding hydrogens is 178 g/mol. The highest BCUT2D eigenvalue weighted by Crippen LogP contribution is 2.08. The molecule has 0 aromatic rings. The molecule has 0 fully saturated rings. The van der Waals surface area contributed by atoms with Crippen LogP contribution in [0.1, 0.15) is 20.8 Å². The molecule has 0 saturated heterocycles. The van der Waals surface area contributed by atoms with E-state index in [9.17, 15) is 9.59 Å². The van der Waals surface area contributed by atoms with Crippen molar-refractivity contribution in [3.63, 3.8) is 0 Å². The van der Waals surface area contributed by atoms with Gasteiger partial charge in [-0.15, -0.1) is 0 Å². The van der Waals surface area contributed by atoms with Crippen molar-refractivity contribution in [2.75, 3.05) is 13.6 Å². The van der Waals surface area contributed by atoms with Crippen LogP contribution in [0.5, 0.6) is 0 Å². The average molecular weight is 193 g/mol. The van der Waals surface area contributed by atoms with E-state index < -0.39 is 17.7 Å². The number of aliphatic carboxylic acids is 1. The van der Waals surface area contributed by atoms with E-state index in [1.165, 1.54) is 7.05 Å². The first-order valence-electron chi connectivity index (χ1n) is 3.88. The van der Waals surface area contributed by atoms with E-state index in [0.29, 0.717) is 0 Å². The van der Waals surface area contributed by atoms with Crippen LogP contribution in [0.2, 0.25) is 0 Å². The maximum absolute atomic E-state index is 11.1. The van der Waals surface area contributed by atoms with Gasteiger partial charge in [-0.1, -0.05) is 0 Å². The van der Waals surface area contributed by atoms with Gasteiger partial charge in [-0.2, -0.15) is 0 Å². The van der Waals surface area contributed by atoms with E-state index in [1.807, 2.05) is 0 Å². The summed E-state index contributed by atoms with van der Waals surface area (Å²) in [6, 6.07) is 0. The quantitative estimate of drug-likeness (QED) is 0.523. The summed E-state index contributed by atoms with van der Waals surface area (Å²) in [5.41, 5.74) is -0.593. The molecule has 1 N–H and O–H groups in total. The molecule has 0 bridgehead atoms. The van der Waals surface area contributed by atoms with Crippen molar-refractivity contribution < 1.29 is 19.4 Å². The third-order valence-electron chi connectivity index (χ3n) is 1.08. The van der Waals surface area contributed by atoms with Gasteiger partial charge < -0.3 is 14.7 Å². The smallest absolute Gasteiger partial charge is 0.410 e. The highest BCUT2D eigenvalue weighted by atomic mass is 16.6. The molecule has 76 valence electrons. The lowest BCUT2D eigenvalue weighted by Crippen LogP contribution is -2.37. The van der Waals surface area contributed by atoms with Gasteiger partial charge in [0.2, 0.25) is 0 Å². The van der Waals surface area contributed by atoms with Gasteiger partial charge in [-0.25, -0.2) is 4.79 Å². The monoisotopic (exact) mass is 193 g/mol. The first-order chi connectivity index (χ1) is 5.72. The van der Waals surface area contributed by atoms with E-state index in [0.717, 1.165) is 4.90 Å². The predicted molar refractivity (Wildman–Crippen MR) is 46.5 cm³/mol. The van der Waals surface area contributed by atoms with Crippen LogP contribution in [0.15, 0.2) is 0 Å². The lowest BCUT2D eigenvalue weighted by atomic mass is 10.2. The largest absolute Gasteiger partial charge is 0.480 e. The number of carboxylic acid groups (broad SMARTS) is 1. The zero-order valence-corrected chi connectivity index (χ0v) is 8.33. The normalized spacial score (nSPS) is 10.8.